The predicted octanol–water partition coefficient (Wildman–Crippen LogP) is 3.35. The number of nitrogen functional groups attached to an aromatic ring is 1. The van der Waals surface area contributed by atoms with Crippen LogP contribution in [0.5, 0.6) is 0 Å². The van der Waals surface area contributed by atoms with Crippen molar-refractivity contribution in [3.8, 4) is 11.3 Å². The number of benzene rings is 1. The van der Waals surface area contributed by atoms with Crippen LogP contribution < -0.4 is 5.73 Å². The topological polar surface area (TPSA) is 38.9 Å². The van der Waals surface area contributed by atoms with E-state index in [9.17, 15) is 0 Å². The van der Waals surface area contributed by atoms with Crippen molar-refractivity contribution in [1.29, 1.82) is 0 Å². The first-order valence-corrected chi connectivity index (χ1v) is 5.35. The van der Waals surface area contributed by atoms with Gasteiger partial charge in [0.1, 0.15) is 10.0 Å². The number of nitrogens with two attached hydrogens (primary N) is 1. The Morgan fingerprint density at radius 2 is 1.93 bits per heavy atom. The first-order valence-electron chi connectivity index (χ1n) is 4.15. The van der Waals surface area contributed by atoms with Crippen LogP contribution in [0.4, 0.5) is 5.13 Å². The van der Waals surface area contributed by atoms with E-state index in [4.69, 9.17) is 17.3 Å². The summed E-state index contributed by atoms with van der Waals surface area (Å²) in [6, 6.07) is 8.05. The third kappa shape index (κ3) is 1.74. The molecule has 0 saturated carbocycles. The van der Waals surface area contributed by atoms with Crippen LogP contribution in [-0.4, -0.2) is 4.98 Å². The van der Waals surface area contributed by atoms with Crippen LogP contribution in [0.2, 0.25) is 4.34 Å². The molecule has 0 radical (unpaired) electrons. The zero-order valence-electron chi connectivity index (χ0n) is 7.62. The van der Waals surface area contributed by atoms with Gasteiger partial charge in [0.25, 0.3) is 0 Å². The van der Waals surface area contributed by atoms with E-state index in [-0.39, 0.29) is 0 Å². The molecule has 2 rings (SSSR count). The fraction of sp³-hybridized carbons (Fsp3) is 0.100. The Kier molecular flexibility index (Phi) is 2.44. The van der Waals surface area contributed by atoms with Crippen LogP contribution in [0.25, 0.3) is 11.3 Å². The summed E-state index contributed by atoms with van der Waals surface area (Å²) >= 11 is 7.30. The Morgan fingerprint density at radius 1 is 1.29 bits per heavy atom. The Hall–Kier alpha value is -1.06. The lowest BCUT2D eigenvalue weighted by atomic mass is 10.1. The van der Waals surface area contributed by atoms with Crippen molar-refractivity contribution in [2.24, 2.45) is 0 Å². The molecule has 0 bridgehead atoms. The molecule has 4 heteroatoms. The van der Waals surface area contributed by atoms with Gasteiger partial charge in [0.15, 0.2) is 5.13 Å². The van der Waals surface area contributed by atoms with E-state index in [2.05, 4.69) is 4.98 Å². The van der Waals surface area contributed by atoms with Gasteiger partial charge in [-0.2, -0.15) is 0 Å². The Bertz CT molecular complexity index is 448. The van der Waals surface area contributed by atoms with E-state index in [0.717, 1.165) is 11.3 Å². The molecule has 2 aromatic rings. The predicted molar refractivity (Wildman–Crippen MR) is 61.7 cm³/mol. The summed E-state index contributed by atoms with van der Waals surface area (Å²) in [6.07, 6.45) is 0. The molecule has 1 aromatic heterocycles. The Balaban J connectivity index is 2.49. The SMILES string of the molecule is Cc1ccc(-c2nc(N)sc2Cl)cc1. The average molecular weight is 225 g/mol. The van der Waals surface area contributed by atoms with Crippen LogP contribution in [0.15, 0.2) is 24.3 Å². The van der Waals surface area contributed by atoms with Crippen LogP contribution in [0.1, 0.15) is 5.56 Å². The highest BCUT2D eigenvalue weighted by Gasteiger charge is 2.08. The van der Waals surface area contributed by atoms with E-state index in [1.54, 1.807) is 0 Å². The second kappa shape index (κ2) is 3.59. The maximum absolute atomic E-state index is 6.00. The molecule has 0 aliphatic heterocycles. The molecular weight excluding hydrogens is 216 g/mol. The fourth-order valence-electron chi connectivity index (χ4n) is 1.21. The molecule has 0 spiro atoms. The first-order chi connectivity index (χ1) is 6.66. The minimum absolute atomic E-state index is 0.505. The van der Waals surface area contributed by atoms with Crippen LogP contribution in [-0.2, 0) is 0 Å². The van der Waals surface area contributed by atoms with Crippen molar-refractivity contribution in [3.05, 3.63) is 34.2 Å². The smallest absolute Gasteiger partial charge is 0.182 e. The van der Waals surface area contributed by atoms with Crippen molar-refractivity contribution >= 4 is 28.1 Å². The number of aromatic nitrogens is 1. The van der Waals surface area contributed by atoms with Gasteiger partial charge in [-0.05, 0) is 6.92 Å². The molecular formula is C10H9ClN2S. The van der Waals surface area contributed by atoms with E-state index in [0.29, 0.717) is 9.47 Å². The first kappa shape index (κ1) is 9.49. The molecule has 0 fully saturated rings. The summed E-state index contributed by atoms with van der Waals surface area (Å²) in [7, 11) is 0. The summed E-state index contributed by atoms with van der Waals surface area (Å²) in [4.78, 5) is 4.17. The van der Waals surface area contributed by atoms with Gasteiger partial charge in [-0.3, -0.25) is 0 Å². The lowest BCUT2D eigenvalue weighted by molar-refractivity contribution is 1.39. The van der Waals surface area contributed by atoms with Gasteiger partial charge in [-0.25, -0.2) is 4.98 Å². The van der Waals surface area contributed by atoms with Crippen LogP contribution in [0, 0.1) is 6.92 Å². The highest BCUT2D eigenvalue weighted by molar-refractivity contribution is 7.19. The van der Waals surface area contributed by atoms with E-state index in [1.165, 1.54) is 16.9 Å². The monoisotopic (exact) mass is 224 g/mol. The molecule has 2 N–H and O–H groups in total. The zero-order valence-corrected chi connectivity index (χ0v) is 9.19. The number of hydrogen-bond donors (Lipinski definition) is 1. The minimum Gasteiger partial charge on any atom is -0.375 e. The summed E-state index contributed by atoms with van der Waals surface area (Å²) in [5, 5.41) is 0.505. The van der Waals surface area contributed by atoms with Gasteiger partial charge in [0, 0.05) is 5.56 Å². The number of anilines is 1. The largest absolute Gasteiger partial charge is 0.375 e. The van der Waals surface area contributed by atoms with E-state index < -0.39 is 0 Å². The highest BCUT2D eigenvalue weighted by atomic mass is 35.5. The second-order valence-corrected chi connectivity index (χ2v) is 4.67. The minimum atomic E-state index is 0.505. The van der Waals surface area contributed by atoms with Crippen molar-refractivity contribution in [2.75, 3.05) is 5.73 Å². The third-order valence-electron chi connectivity index (χ3n) is 1.93. The molecule has 2 nitrogen and oxygen atoms in total. The fourth-order valence-corrected chi connectivity index (χ4v) is 2.18. The van der Waals surface area contributed by atoms with Gasteiger partial charge >= 0.3 is 0 Å². The molecule has 1 aromatic carbocycles. The van der Waals surface area contributed by atoms with Gasteiger partial charge < -0.3 is 5.73 Å². The molecule has 0 unspecified atom stereocenters. The number of nitrogens with zero attached hydrogens (tertiary/aromatic N) is 1. The molecule has 14 heavy (non-hydrogen) atoms. The standard InChI is InChI=1S/C10H9ClN2S/c1-6-2-4-7(5-3-6)8-9(11)14-10(12)13-8/h2-5H,1H3,(H2,12,13). The summed E-state index contributed by atoms with van der Waals surface area (Å²) in [5.41, 5.74) is 8.57. The number of thiazole rings is 1. The Labute approximate surface area is 91.4 Å². The zero-order chi connectivity index (χ0) is 10.1. The number of hydrogen-bond acceptors (Lipinski definition) is 3. The molecule has 72 valence electrons. The van der Waals surface area contributed by atoms with Crippen molar-refractivity contribution in [3.63, 3.8) is 0 Å². The molecule has 0 atom stereocenters. The number of halogens is 1. The molecule has 0 amide bonds. The lowest BCUT2D eigenvalue weighted by Gasteiger charge is -1.97. The average Bonchev–Trinajstić information content (AvgIpc) is 2.47. The quantitative estimate of drug-likeness (QED) is 0.807. The van der Waals surface area contributed by atoms with Crippen molar-refractivity contribution in [2.45, 2.75) is 6.92 Å². The molecule has 1 heterocycles. The maximum Gasteiger partial charge on any atom is 0.182 e. The third-order valence-corrected chi connectivity index (χ3v) is 3.01. The van der Waals surface area contributed by atoms with Gasteiger partial charge in [-0.15, -0.1) is 0 Å². The molecule has 0 aliphatic rings. The molecule has 0 saturated heterocycles. The van der Waals surface area contributed by atoms with E-state index in [1.807, 2.05) is 31.2 Å². The summed E-state index contributed by atoms with van der Waals surface area (Å²) in [6.45, 7) is 2.04. The van der Waals surface area contributed by atoms with Crippen LogP contribution in [0.3, 0.4) is 0 Å². The maximum atomic E-state index is 6.00. The normalized spacial score (nSPS) is 10.4. The summed E-state index contributed by atoms with van der Waals surface area (Å²) < 4.78 is 0.645. The highest BCUT2D eigenvalue weighted by Crippen LogP contribution is 2.33. The second-order valence-electron chi connectivity index (χ2n) is 3.04. The number of aryl methyl sites for hydroxylation is 1. The molecule has 0 aliphatic carbocycles. The van der Waals surface area contributed by atoms with Gasteiger partial charge in [-0.1, -0.05) is 52.8 Å². The number of rotatable bonds is 1. The van der Waals surface area contributed by atoms with Crippen molar-refractivity contribution < 1.29 is 0 Å². The lowest BCUT2D eigenvalue weighted by Crippen LogP contribution is -1.83. The van der Waals surface area contributed by atoms with Crippen molar-refractivity contribution in [1.82, 2.24) is 4.98 Å². The van der Waals surface area contributed by atoms with Gasteiger partial charge in [0.2, 0.25) is 0 Å². The summed E-state index contributed by atoms with van der Waals surface area (Å²) in [5.74, 6) is 0. The Morgan fingerprint density at radius 3 is 2.43 bits per heavy atom. The van der Waals surface area contributed by atoms with Crippen LogP contribution >= 0.6 is 22.9 Å². The van der Waals surface area contributed by atoms with E-state index >= 15 is 0 Å². The van der Waals surface area contributed by atoms with Gasteiger partial charge in [0.05, 0.1) is 0 Å².